The van der Waals surface area contributed by atoms with Gasteiger partial charge >= 0.3 is 0 Å². The summed E-state index contributed by atoms with van der Waals surface area (Å²) in [7, 11) is 0. The number of hydrogen-bond donors (Lipinski definition) is 2. The normalized spacial score (nSPS) is 14.5. The lowest BCUT2D eigenvalue weighted by Crippen LogP contribution is -2.37. The van der Waals surface area contributed by atoms with Crippen molar-refractivity contribution >= 4 is 0 Å². The highest BCUT2D eigenvalue weighted by Crippen LogP contribution is 2.19. The van der Waals surface area contributed by atoms with Gasteiger partial charge < -0.3 is 5.73 Å². The van der Waals surface area contributed by atoms with Gasteiger partial charge in [-0.25, -0.2) is 4.98 Å². The van der Waals surface area contributed by atoms with Crippen molar-refractivity contribution in [1.29, 1.82) is 0 Å². The zero-order valence-corrected chi connectivity index (χ0v) is 8.76. The summed E-state index contributed by atoms with van der Waals surface area (Å²) in [6.45, 7) is 8.25. The van der Waals surface area contributed by atoms with Crippen LogP contribution in [-0.2, 0) is 6.42 Å². The standard InChI is InChI=1S/C9H18N4/c1-6-11-8(13-12-6)5-7(10)9(2,3)4/h7H,5,10H2,1-4H3,(H,11,12,13). The minimum atomic E-state index is 0.0997. The molecule has 3 N–H and O–H groups in total. The first-order valence-electron chi connectivity index (χ1n) is 4.53. The molecule has 1 aromatic heterocycles. The van der Waals surface area contributed by atoms with Gasteiger partial charge in [0.25, 0.3) is 0 Å². The quantitative estimate of drug-likeness (QED) is 0.717. The Morgan fingerprint density at radius 3 is 2.46 bits per heavy atom. The van der Waals surface area contributed by atoms with Gasteiger partial charge in [-0.3, -0.25) is 5.10 Å². The number of aromatic amines is 1. The number of aryl methyl sites for hydroxylation is 1. The van der Waals surface area contributed by atoms with Crippen LogP contribution in [0.4, 0.5) is 0 Å². The number of H-pyrrole nitrogens is 1. The summed E-state index contributed by atoms with van der Waals surface area (Å²) in [5.41, 5.74) is 6.10. The molecule has 0 bridgehead atoms. The summed E-state index contributed by atoms with van der Waals surface area (Å²) < 4.78 is 0. The maximum atomic E-state index is 6.00. The Morgan fingerprint density at radius 1 is 1.46 bits per heavy atom. The second-order valence-electron chi connectivity index (χ2n) is 4.51. The van der Waals surface area contributed by atoms with Crippen LogP contribution in [0.1, 0.15) is 32.4 Å². The Hall–Kier alpha value is -0.900. The highest BCUT2D eigenvalue weighted by Gasteiger charge is 2.22. The number of hydrogen-bond acceptors (Lipinski definition) is 3. The predicted molar refractivity (Wildman–Crippen MR) is 52.3 cm³/mol. The van der Waals surface area contributed by atoms with Crippen LogP contribution in [0.3, 0.4) is 0 Å². The fourth-order valence-corrected chi connectivity index (χ4v) is 0.983. The highest BCUT2D eigenvalue weighted by molar-refractivity contribution is 4.93. The van der Waals surface area contributed by atoms with Crippen LogP contribution in [-0.4, -0.2) is 21.2 Å². The maximum absolute atomic E-state index is 6.00. The number of rotatable bonds is 2. The molecule has 0 amide bonds. The van der Waals surface area contributed by atoms with Crippen molar-refractivity contribution in [3.05, 3.63) is 11.6 Å². The van der Waals surface area contributed by atoms with E-state index < -0.39 is 0 Å². The van der Waals surface area contributed by atoms with E-state index in [1.165, 1.54) is 0 Å². The number of aromatic nitrogens is 3. The van der Waals surface area contributed by atoms with Gasteiger partial charge in [0.05, 0.1) is 0 Å². The van der Waals surface area contributed by atoms with Crippen LogP contribution in [0.25, 0.3) is 0 Å². The monoisotopic (exact) mass is 182 g/mol. The third-order valence-electron chi connectivity index (χ3n) is 2.16. The maximum Gasteiger partial charge on any atom is 0.152 e. The van der Waals surface area contributed by atoms with Crippen molar-refractivity contribution in [2.24, 2.45) is 11.1 Å². The average molecular weight is 182 g/mol. The van der Waals surface area contributed by atoms with E-state index in [2.05, 4.69) is 36.0 Å². The Kier molecular flexibility index (Phi) is 2.71. The fraction of sp³-hybridized carbons (Fsp3) is 0.778. The largest absolute Gasteiger partial charge is 0.327 e. The minimum absolute atomic E-state index is 0.0997. The number of nitrogens with two attached hydrogens (primary N) is 1. The predicted octanol–water partition coefficient (Wildman–Crippen LogP) is 1.03. The van der Waals surface area contributed by atoms with Crippen molar-refractivity contribution < 1.29 is 0 Å². The van der Waals surface area contributed by atoms with Crippen LogP contribution in [0.15, 0.2) is 0 Å². The molecule has 74 valence electrons. The van der Waals surface area contributed by atoms with E-state index in [-0.39, 0.29) is 11.5 Å². The fourth-order valence-electron chi connectivity index (χ4n) is 0.983. The van der Waals surface area contributed by atoms with Gasteiger partial charge in [0.15, 0.2) is 5.82 Å². The van der Waals surface area contributed by atoms with E-state index in [0.29, 0.717) is 0 Å². The lowest BCUT2D eigenvalue weighted by molar-refractivity contribution is 0.315. The molecule has 1 atom stereocenters. The van der Waals surface area contributed by atoms with E-state index in [1.54, 1.807) is 0 Å². The van der Waals surface area contributed by atoms with Gasteiger partial charge in [0, 0.05) is 12.5 Å². The second-order valence-corrected chi connectivity index (χ2v) is 4.51. The van der Waals surface area contributed by atoms with Gasteiger partial charge in [-0.15, -0.1) is 0 Å². The lowest BCUT2D eigenvalue weighted by atomic mass is 9.85. The SMILES string of the molecule is Cc1nc(CC(N)C(C)(C)C)n[nH]1. The molecule has 1 heterocycles. The second kappa shape index (κ2) is 3.46. The Bertz CT molecular complexity index is 271. The van der Waals surface area contributed by atoms with Crippen molar-refractivity contribution in [1.82, 2.24) is 15.2 Å². The third-order valence-corrected chi connectivity index (χ3v) is 2.16. The molecule has 1 aromatic rings. The Morgan fingerprint density at radius 2 is 2.08 bits per heavy atom. The zero-order chi connectivity index (χ0) is 10.1. The molecule has 1 unspecified atom stereocenters. The van der Waals surface area contributed by atoms with E-state index in [0.717, 1.165) is 18.1 Å². The van der Waals surface area contributed by atoms with Crippen molar-refractivity contribution in [2.45, 2.75) is 40.2 Å². The molecule has 0 aliphatic heterocycles. The molecule has 0 aliphatic carbocycles. The highest BCUT2D eigenvalue weighted by atomic mass is 15.2. The molecular formula is C9H18N4. The summed E-state index contributed by atoms with van der Waals surface area (Å²) in [5.74, 6) is 1.65. The lowest BCUT2D eigenvalue weighted by Gasteiger charge is -2.25. The van der Waals surface area contributed by atoms with Crippen molar-refractivity contribution in [2.75, 3.05) is 0 Å². The summed E-state index contributed by atoms with van der Waals surface area (Å²) in [4.78, 5) is 4.22. The molecular weight excluding hydrogens is 164 g/mol. The van der Waals surface area contributed by atoms with E-state index >= 15 is 0 Å². The molecule has 0 saturated heterocycles. The molecule has 0 saturated carbocycles. The minimum Gasteiger partial charge on any atom is -0.327 e. The molecule has 0 spiro atoms. The molecule has 1 rings (SSSR count). The molecule has 0 aliphatic rings. The summed E-state index contributed by atoms with van der Waals surface area (Å²) >= 11 is 0. The molecule has 13 heavy (non-hydrogen) atoms. The molecule has 0 radical (unpaired) electrons. The van der Waals surface area contributed by atoms with Gasteiger partial charge in [0.2, 0.25) is 0 Å². The number of nitrogens with zero attached hydrogens (tertiary/aromatic N) is 2. The van der Waals surface area contributed by atoms with Crippen LogP contribution < -0.4 is 5.73 Å². The molecule has 4 heteroatoms. The first-order valence-corrected chi connectivity index (χ1v) is 4.53. The smallest absolute Gasteiger partial charge is 0.152 e. The van der Waals surface area contributed by atoms with Crippen molar-refractivity contribution in [3.63, 3.8) is 0 Å². The van der Waals surface area contributed by atoms with E-state index in [9.17, 15) is 0 Å². The van der Waals surface area contributed by atoms with Gasteiger partial charge in [-0.05, 0) is 12.3 Å². The van der Waals surface area contributed by atoms with Crippen LogP contribution >= 0.6 is 0 Å². The molecule has 0 fully saturated rings. The van der Waals surface area contributed by atoms with Gasteiger partial charge in [0.1, 0.15) is 5.82 Å². The topological polar surface area (TPSA) is 67.6 Å². The molecule has 4 nitrogen and oxygen atoms in total. The van der Waals surface area contributed by atoms with Crippen LogP contribution in [0.2, 0.25) is 0 Å². The Balaban J connectivity index is 2.60. The van der Waals surface area contributed by atoms with Crippen LogP contribution in [0.5, 0.6) is 0 Å². The first-order chi connectivity index (χ1) is 5.89. The molecule has 0 aromatic carbocycles. The Labute approximate surface area is 78.9 Å². The first kappa shape index (κ1) is 10.2. The summed E-state index contributed by atoms with van der Waals surface area (Å²) in [6.07, 6.45) is 0.730. The van der Waals surface area contributed by atoms with Gasteiger partial charge in [-0.1, -0.05) is 20.8 Å². The van der Waals surface area contributed by atoms with Crippen molar-refractivity contribution in [3.8, 4) is 0 Å². The van der Waals surface area contributed by atoms with E-state index in [1.807, 2.05) is 6.92 Å². The third kappa shape index (κ3) is 2.81. The summed E-state index contributed by atoms with van der Waals surface area (Å²) in [6, 6.07) is 0.0997. The summed E-state index contributed by atoms with van der Waals surface area (Å²) in [5, 5.41) is 6.86. The van der Waals surface area contributed by atoms with Gasteiger partial charge in [-0.2, -0.15) is 5.10 Å². The van der Waals surface area contributed by atoms with Crippen LogP contribution in [0, 0.1) is 12.3 Å². The van der Waals surface area contributed by atoms with E-state index in [4.69, 9.17) is 5.73 Å². The average Bonchev–Trinajstić information content (AvgIpc) is 2.33. The zero-order valence-electron chi connectivity index (χ0n) is 8.76. The number of nitrogens with one attached hydrogen (secondary N) is 1.